The Labute approximate surface area is 148 Å². The molecule has 124 valence electrons. The average molecular weight is 387 g/mol. The monoisotopic (exact) mass is 386 g/mol. The molecule has 0 aliphatic carbocycles. The van der Waals surface area contributed by atoms with E-state index in [9.17, 15) is 14.0 Å². The predicted molar refractivity (Wildman–Crippen MR) is 91.9 cm³/mol. The molecule has 3 aromatic rings. The normalized spacial score (nSPS) is 10.8. The summed E-state index contributed by atoms with van der Waals surface area (Å²) in [5.74, 6) is -1.81. The molecule has 2 amide bonds. The zero-order chi connectivity index (χ0) is 17.4. The van der Waals surface area contributed by atoms with Crippen LogP contribution in [0.4, 0.5) is 10.1 Å². The van der Waals surface area contributed by atoms with Crippen molar-refractivity contribution >= 4 is 62.3 Å². The highest BCUT2D eigenvalue weighted by Gasteiger charge is 2.17. The van der Waals surface area contributed by atoms with Crippen LogP contribution in [0.2, 0.25) is 9.36 Å². The van der Waals surface area contributed by atoms with Gasteiger partial charge in [-0.25, -0.2) is 4.39 Å². The van der Waals surface area contributed by atoms with E-state index in [1.54, 1.807) is 6.07 Å². The number of halogens is 3. The van der Waals surface area contributed by atoms with Crippen LogP contribution >= 0.6 is 34.5 Å². The Balaban J connectivity index is 1.71. The highest BCUT2D eigenvalue weighted by molar-refractivity contribution is 7.23. The fourth-order valence-corrected chi connectivity index (χ4v) is 3.51. The number of hydrogen-bond donors (Lipinski definition) is 4. The zero-order valence-electron chi connectivity index (χ0n) is 11.7. The maximum atomic E-state index is 13.0. The summed E-state index contributed by atoms with van der Waals surface area (Å²) in [4.78, 5) is 26.8. The van der Waals surface area contributed by atoms with E-state index in [1.807, 2.05) is 0 Å². The average Bonchev–Trinajstić information content (AvgIpc) is 3.05. The number of benzene rings is 1. The summed E-state index contributed by atoms with van der Waals surface area (Å²) < 4.78 is 14.1. The Kier molecular flexibility index (Phi) is 4.35. The molecule has 5 N–H and O–H groups in total. The van der Waals surface area contributed by atoms with Gasteiger partial charge in [-0.15, -0.1) is 11.3 Å². The highest BCUT2D eigenvalue weighted by Crippen LogP contribution is 2.38. The van der Waals surface area contributed by atoms with E-state index >= 15 is 0 Å². The van der Waals surface area contributed by atoms with Gasteiger partial charge < -0.3 is 10.7 Å². The van der Waals surface area contributed by atoms with Crippen molar-refractivity contribution in [2.45, 2.75) is 0 Å². The third kappa shape index (κ3) is 3.03. The molecule has 0 radical (unpaired) electrons. The van der Waals surface area contributed by atoms with E-state index in [0.717, 1.165) is 12.1 Å². The molecule has 10 heteroatoms. The number of hydrazine groups is 1. The molecule has 3 rings (SSSR count). The number of carbonyl (C=O) groups excluding carboxylic acids is 2. The van der Waals surface area contributed by atoms with Gasteiger partial charge in [-0.3, -0.25) is 20.4 Å². The maximum Gasteiger partial charge on any atom is 0.286 e. The quantitative estimate of drug-likeness (QED) is 0.401. The molecule has 0 atom stereocenters. The van der Waals surface area contributed by atoms with Crippen LogP contribution in [0, 0.1) is 5.82 Å². The number of rotatable bonds is 2. The smallest absolute Gasteiger partial charge is 0.286 e. The summed E-state index contributed by atoms with van der Waals surface area (Å²) in [6.45, 7) is 0. The third-order valence-electron chi connectivity index (χ3n) is 3.17. The van der Waals surface area contributed by atoms with Gasteiger partial charge >= 0.3 is 0 Å². The fraction of sp³-hybridized carbons (Fsp3) is 0. The first-order valence-electron chi connectivity index (χ1n) is 6.49. The van der Waals surface area contributed by atoms with Crippen molar-refractivity contribution in [2.24, 2.45) is 0 Å². The van der Waals surface area contributed by atoms with E-state index in [1.165, 1.54) is 17.4 Å². The molecule has 2 heterocycles. The first-order chi connectivity index (χ1) is 11.4. The van der Waals surface area contributed by atoms with Gasteiger partial charge in [0.05, 0.1) is 20.8 Å². The summed E-state index contributed by atoms with van der Waals surface area (Å²) in [7, 11) is 0. The number of amides is 2. The lowest BCUT2D eigenvalue weighted by molar-refractivity contribution is 0.0845. The molecule has 2 aromatic heterocycles. The fourth-order valence-electron chi connectivity index (χ4n) is 2.03. The van der Waals surface area contributed by atoms with Crippen molar-refractivity contribution in [3.8, 4) is 0 Å². The van der Waals surface area contributed by atoms with E-state index in [2.05, 4.69) is 15.8 Å². The zero-order valence-corrected chi connectivity index (χ0v) is 14.1. The summed E-state index contributed by atoms with van der Waals surface area (Å²) >= 11 is 13.1. The van der Waals surface area contributed by atoms with Gasteiger partial charge in [0.25, 0.3) is 11.8 Å². The molecule has 6 nitrogen and oxygen atoms in total. The van der Waals surface area contributed by atoms with Crippen LogP contribution in [0.1, 0.15) is 20.8 Å². The van der Waals surface area contributed by atoms with Gasteiger partial charge in [-0.2, -0.15) is 0 Å². The molecule has 0 aliphatic heterocycles. The number of thiophene rings is 1. The summed E-state index contributed by atoms with van der Waals surface area (Å²) in [5, 5.41) is 0.332. The molecule has 0 saturated carbocycles. The van der Waals surface area contributed by atoms with Crippen molar-refractivity contribution in [3.05, 3.63) is 50.7 Å². The first-order valence-corrected chi connectivity index (χ1v) is 8.06. The molecular weight excluding hydrogens is 378 g/mol. The largest absolute Gasteiger partial charge is 0.398 e. The predicted octanol–water partition coefficient (Wildman–Crippen LogP) is 3.33. The number of nitrogens with one attached hydrogen (secondary N) is 3. The molecular formula is C14H9Cl2FN4O2S. The van der Waals surface area contributed by atoms with Crippen LogP contribution in [0.15, 0.2) is 24.3 Å². The molecule has 0 saturated heterocycles. The summed E-state index contributed by atoms with van der Waals surface area (Å²) in [6.07, 6.45) is 0. The number of aromatic nitrogens is 1. The molecule has 0 spiro atoms. The van der Waals surface area contributed by atoms with Crippen molar-refractivity contribution < 1.29 is 14.0 Å². The first kappa shape index (κ1) is 16.6. The maximum absolute atomic E-state index is 13.0. The molecule has 24 heavy (non-hydrogen) atoms. The lowest BCUT2D eigenvalue weighted by Crippen LogP contribution is -2.42. The third-order valence-corrected chi connectivity index (χ3v) is 5.10. The minimum absolute atomic E-state index is 0.0384. The van der Waals surface area contributed by atoms with Gasteiger partial charge in [0, 0.05) is 5.69 Å². The molecule has 0 bridgehead atoms. The van der Waals surface area contributed by atoms with Crippen LogP contribution in [-0.4, -0.2) is 16.8 Å². The number of fused-ring (bicyclic) bond motifs is 1. The van der Waals surface area contributed by atoms with Crippen LogP contribution in [0.25, 0.3) is 10.2 Å². The second kappa shape index (κ2) is 6.31. The van der Waals surface area contributed by atoms with Crippen molar-refractivity contribution in [3.63, 3.8) is 0 Å². The number of carbonyl (C=O) groups is 2. The van der Waals surface area contributed by atoms with Gasteiger partial charge in [-0.05, 0) is 24.3 Å². The van der Waals surface area contributed by atoms with Crippen molar-refractivity contribution in [1.29, 1.82) is 0 Å². The minimum atomic E-state index is -0.671. The number of nitrogens with two attached hydrogens (primary N) is 1. The Bertz CT molecular complexity index is 969. The standard InChI is InChI=1S/C14H9Cl2FN4O2S/c15-10-11-9(24-12(10)16)4-8(19-11)14(23)21-20-13(22)6-2-1-5(17)3-7(6)18/h1-4,19H,18H2,(H,20,22)(H,21,23). The Hall–Kier alpha value is -2.29. The Morgan fingerprint density at radius 2 is 1.88 bits per heavy atom. The Morgan fingerprint density at radius 1 is 1.17 bits per heavy atom. The summed E-state index contributed by atoms with van der Waals surface area (Å²) in [6, 6.07) is 4.89. The lowest BCUT2D eigenvalue weighted by Gasteiger charge is -2.08. The van der Waals surface area contributed by atoms with Gasteiger partial charge in [0.15, 0.2) is 0 Å². The van der Waals surface area contributed by atoms with Gasteiger partial charge in [0.1, 0.15) is 15.8 Å². The van der Waals surface area contributed by atoms with E-state index in [4.69, 9.17) is 28.9 Å². The van der Waals surface area contributed by atoms with E-state index < -0.39 is 17.6 Å². The van der Waals surface area contributed by atoms with Crippen molar-refractivity contribution in [1.82, 2.24) is 15.8 Å². The van der Waals surface area contributed by atoms with E-state index in [-0.39, 0.29) is 16.9 Å². The van der Waals surface area contributed by atoms with Gasteiger partial charge in [0.2, 0.25) is 0 Å². The SMILES string of the molecule is Nc1cc(F)ccc1C(=O)NNC(=O)c1cc2sc(Cl)c(Cl)c2[nH]1. The highest BCUT2D eigenvalue weighted by atomic mass is 35.5. The molecule has 0 aliphatic rings. The lowest BCUT2D eigenvalue weighted by atomic mass is 10.1. The van der Waals surface area contributed by atoms with Crippen LogP contribution < -0.4 is 16.6 Å². The molecule has 1 aromatic carbocycles. The number of hydrogen-bond acceptors (Lipinski definition) is 4. The van der Waals surface area contributed by atoms with Crippen LogP contribution in [0.3, 0.4) is 0 Å². The number of aromatic amines is 1. The van der Waals surface area contributed by atoms with E-state index in [0.29, 0.717) is 19.6 Å². The van der Waals surface area contributed by atoms with Crippen LogP contribution in [-0.2, 0) is 0 Å². The Morgan fingerprint density at radius 3 is 2.54 bits per heavy atom. The summed E-state index contributed by atoms with van der Waals surface area (Å²) in [5.41, 5.74) is 10.7. The number of H-pyrrole nitrogens is 1. The second-order valence-corrected chi connectivity index (χ2v) is 6.78. The minimum Gasteiger partial charge on any atom is -0.398 e. The second-order valence-electron chi connectivity index (χ2n) is 4.75. The number of nitrogen functional groups attached to an aromatic ring is 1. The topological polar surface area (TPSA) is 100 Å². The molecule has 0 fully saturated rings. The number of anilines is 1. The van der Waals surface area contributed by atoms with Crippen molar-refractivity contribution in [2.75, 3.05) is 5.73 Å². The van der Waals surface area contributed by atoms with Crippen LogP contribution in [0.5, 0.6) is 0 Å². The van der Waals surface area contributed by atoms with Gasteiger partial charge in [-0.1, -0.05) is 23.2 Å². The molecule has 0 unspecified atom stereocenters.